The van der Waals surface area contributed by atoms with Crippen LogP contribution in [-0.2, 0) is 0 Å². The quantitative estimate of drug-likeness (QED) is 0.381. The fourth-order valence-corrected chi connectivity index (χ4v) is 2.79. The summed E-state index contributed by atoms with van der Waals surface area (Å²) in [6, 6.07) is 5.88. The molecule has 1 fully saturated rings. The molecule has 5 heteroatoms. The lowest BCUT2D eigenvalue weighted by atomic mass is 10.1. The van der Waals surface area contributed by atoms with Gasteiger partial charge in [0.1, 0.15) is 0 Å². The van der Waals surface area contributed by atoms with Crippen LogP contribution in [0.5, 0.6) is 0 Å². The first-order chi connectivity index (χ1) is 8.13. The number of hydrogen-bond donors (Lipinski definition) is 2. The molecular weight excluding hydrogens is 282 g/mol. The summed E-state index contributed by atoms with van der Waals surface area (Å²) in [4.78, 5) is 2.28. The Hall–Kier alpha value is -1.23. The van der Waals surface area contributed by atoms with Gasteiger partial charge in [0.25, 0.3) is 0 Å². The fourth-order valence-electron chi connectivity index (χ4n) is 2.23. The number of nitrogens with zero attached hydrogens (tertiary/aromatic N) is 2. The van der Waals surface area contributed by atoms with Crippen LogP contribution in [0.3, 0.4) is 0 Å². The highest BCUT2D eigenvalue weighted by atomic mass is 79.9. The van der Waals surface area contributed by atoms with Gasteiger partial charge >= 0.3 is 0 Å². The monoisotopic (exact) mass is 297 g/mol. The Morgan fingerprint density at radius 1 is 1.59 bits per heavy atom. The number of nitrogens with two attached hydrogens (primary N) is 1. The molecule has 0 bridgehead atoms. The SMILES string of the molecule is CC1CCN(c2cccc(Br)c2/C(N)=N/O)C1. The third kappa shape index (κ3) is 2.39. The zero-order valence-electron chi connectivity index (χ0n) is 9.73. The fraction of sp³-hybridized carbons (Fsp3) is 0.417. The summed E-state index contributed by atoms with van der Waals surface area (Å²) in [5, 5.41) is 12.0. The maximum atomic E-state index is 8.86. The van der Waals surface area contributed by atoms with Gasteiger partial charge in [0.15, 0.2) is 5.84 Å². The van der Waals surface area contributed by atoms with Crippen LogP contribution >= 0.6 is 15.9 Å². The van der Waals surface area contributed by atoms with Gasteiger partial charge in [-0.15, -0.1) is 0 Å². The van der Waals surface area contributed by atoms with Gasteiger partial charge in [0, 0.05) is 23.2 Å². The van der Waals surface area contributed by atoms with E-state index in [2.05, 4.69) is 32.9 Å². The van der Waals surface area contributed by atoms with E-state index in [4.69, 9.17) is 10.9 Å². The molecule has 1 aliphatic rings. The minimum atomic E-state index is 0.145. The summed E-state index contributed by atoms with van der Waals surface area (Å²) in [6.45, 7) is 4.27. The molecule has 1 aromatic carbocycles. The molecule has 0 aromatic heterocycles. The van der Waals surface area contributed by atoms with Crippen molar-refractivity contribution >= 4 is 27.5 Å². The maximum Gasteiger partial charge on any atom is 0.173 e. The lowest BCUT2D eigenvalue weighted by Crippen LogP contribution is -2.24. The van der Waals surface area contributed by atoms with E-state index in [9.17, 15) is 0 Å². The molecule has 0 radical (unpaired) electrons. The van der Waals surface area contributed by atoms with Crippen molar-refractivity contribution in [2.24, 2.45) is 16.8 Å². The highest BCUT2D eigenvalue weighted by Gasteiger charge is 2.23. The number of anilines is 1. The number of rotatable bonds is 2. The second-order valence-corrected chi connectivity index (χ2v) is 5.31. The van der Waals surface area contributed by atoms with Crippen molar-refractivity contribution in [2.75, 3.05) is 18.0 Å². The Balaban J connectivity index is 2.43. The van der Waals surface area contributed by atoms with E-state index in [0.717, 1.165) is 28.8 Å². The van der Waals surface area contributed by atoms with Crippen molar-refractivity contribution in [1.82, 2.24) is 0 Å². The molecule has 0 amide bonds. The highest BCUT2D eigenvalue weighted by molar-refractivity contribution is 9.10. The normalized spacial score (nSPS) is 20.9. The minimum Gasteiger partial charge on any atom is -0.409 e. The largest absolute Gasteiger partial charge is 0.409 e. The third-order valence-corrected chi connectivity index (χ3v) is 3.78. The molecule has 1 unspecified atom stereocenters. The molecule has 1 saturated heterocycles. The maximum absolute atomic E-state index is 8.86. The molecular formula is C12H16BrN3O. The van der Waals surface area contributed by atoms with Gasteiger partial charge in [0.2, 0.25) is 0 Å². The van der Waals surface area contributed by atoms with Gasteiger partial charge in [-0.2, -0.15) is 0 Å². The first-order valence-corrected chi connectivity index (χ1v) is 6.44. The summed E-state index contributed by atoms with van der Waals surface area (Å²) in [7, 11) is 0. The van der Waals surface area contributed by atoms with Gasteiger partial charge in [-0.05, 0) is 40.4 Å². The van der Waals surface area contributed by atoms with Crippen LogP contribution in [0.25, 0.3) is 0 Å². The van der Waals surface area contributed by atoms with Crippen molar-refractivity contribution in [3.8, 4) is 0 Å². The summed E-state index contributed by atoms with van der Waals surface area (Å²) >= 11 is 3.45. The first kappa shape index (κ1) is 12.2. The Morgan fingerprint density at radius 3 is 2.94 bits per heavy atom. The molecule has 1 aliphatic heterocycles. The topological polar surface area (TPSA) is 61.8 Å². The second kappa shape index (κ2) is 4.96. The van der Waals surface area contributed by atoms with Crippen molar-refractivity contribution in [2.45, 2.75) is 13.3 Å². The van der Waals surface area contributed by atoms with Crippen LogP contribution in [0.4, 0.5) is 5.69 Å². The Kier molecular flexibility index (Phi) is 3.57. The molecule has 1 aromatic rings. The van der Waals surface area contributed by atoms with Crippen LogP contribution in [0, 0.1) is 5.92 Å². The molecule has 2 rings (SSSR count). The van der Waals surface area contributed by atoms with E-state index in [0.29, 0.717) is 5.92 Å². The molecule has 4 nitrogen and oxygen atoms in total. The Bertz CT molecular complexity index is 447. The third-order valence-electron chi connectivity index (χ3n) is 3.12. The number of amidine groups is 1. The molecule has 3 N–H and O–H groups in total. The molecule has 0 aliphatic carbocycles. The molecule has 1 heterocycles. The second-order valence-electron chi connectivity index (χ2n) is 4.46. The van der Waals surface area contributed by atoms with E-state index in [1.54, 1.807) is 0 Å². The van der Waals surface area contributed by atoms with Gasteiger partial charge in [0.05, 0.1) is 5.56 Å². The van der Waals surface area contributed by atoms with Crippen LogP contribution in [-0.4, -0.2) is 24.1 Å². The summed E-state index contributed by atoms with van der Waals surface area (Å²) in [5.41, 5.74) is 7.54. The van der Waals surface area contributed by atoms with E-state index in [-0.39, 0.29) is 5.84 Å². The first-order valence-electron chi connectivity index (χ1n) is 5.65. The standard InChI is InChI=1S/C12H16BrN3O/c1-8-5-6-16(7-8)10-4-2-3-9(13)11(10)12(14)15-17/h2-4,8,17H,5-7H2,1H3,(H2,14,15). The molecule has 92 valence electrons. The highest BCUT2D eigenvalue weighted by Crippen LogP contribution is 2.31. The van der Waals surface area contributed by atoms with Crippen molar-refractivity contribution < 1.29 is 5.21 Å². The summed E-state index contributed by atoms with van der Waals surface area (Å²) in [5.74, 6) is 0.834. The molecule has 0 saturated carbocycles. The van der Waals surface area contributed by atoms with Gasteiger partial charge in [-0.1, -0.05) is 18.1 Å². The Morgan fingerprint density at radius 2 is 2.35 bits per heavy atom. The number of halogens is 1. The van der Waals surface area contributed by atoms with Crippen LogP contribution in [0.2, 0.25) is 0 Å². The summed E-state index contributed by atoms with van der Waals surface area (Å²) in [6.07, 6.45) is 1.18. The lowest BCUT2D eigenvalue weighted by Gasteiger charge is -2.22. The lowest BCUT2D eigenvalue weighted by molar-refractivity contribution is 0.318. The average molecular weight is 298 g/mol. The van der Waals surface area contributed by atoms with Crippen LogP contribution in [0.1, 0.15) is 18.9 Å². The van der Waals surface area contributed by atoms with Gasteiger partial charge in [-0.25, -0.2) is 0 Å². The Labute approximate surface area is 109 Å². The molecule has 0 spiro atoms. The minimum absolute atomic E-state index is 0.145. The smallest absolute Gasteiger partial charge is 0.173 e. The number of benzene rings is 1. The van der Waals surface area contributed by atoms with Gasteiger partial charge in [-0.3, -0.25) is 0 Å². The van der Waals surface area contributed by atoms with Crippen LogP contribution < -0.4 is 10.6 Å². The van der Waals surface area contributed by atoms with E-state index >= 15 is 0 Å². The average Bonchev–Trinajstić information content (AvgIpc) is 2.74. The van der Waals surface area contributed by atoms with E-state index in [1.165, 1.54) is 6.42 Å². The van der Waals surface area contributed by atoms with Crippen LogP contribution in [0.15, 0.2) is 27.8 Å². The predicted molar refractivity (Wildman–Crippen MR) is 72.6 cm³/mol. The zero-order chi connectivity index (χ0) is 12.4. The van der Waals surface area contributed by atoms with Crippen molar-refractivity contribution in [1.29, 1.82) is 0 Å². The van der Waals surface area contributed by atoms with E-state index in [1.807, 2.05) is 18.2 Å². The van der Waals surface area contributed by atoms with Gasteiger partial charge < -0.3 is 15.8 Å². The predicted octanol–water partition coefficient (Wildman–Crippen LogP) is 2.39. The summed E-state index contributed by atoms with van der Waals surface area (Å²) < 4.78 is 0.852. The van der Waals surface area contributed by atoms with E-state index < -0.39 is 0 Å². The number of oxime groups is 1. The molecule has 17 heavy (non-hydrogen) atoms. The van der Waals surface area contributed by atoms with Crippen molar-refractivity contribution in [3.05, 3.63) is 28.2 Å². The van der Waals surface area contributed by atoms with Crippen molar-refractivity contribution in [3.63, 3.8) is 0 Å². The molecule has 1 atom stereocenters. The number of hydrogen-bond acceptors (Lipinski definition) is 3. The zero-order valence-corrected chi connectivity index (χ0v) is 11.3.